The highest BCUT2D eigenvalue weighted by atomic mass is 16.4. The van der Waals surface area contributed by atoms with Crippen LogP contribution in [-0.4, -0.2) is 21.8 Å². The molecule has 0 aliphatic carbocycles. The minimum Gasteiger partial charge on any atom is -0.479 e. The molecule has 78 valence electrons. The molecule has 0 spiro atoms. The fraction of sp³-hybridized carbons (Fsp3) is 0.900. The number of aliphatic carboxylic acids is 1. The summed E-state index contributed by atoms with van der Waals surface area (Å²) in [6, 6.07) is 0. The molecule has 3 nitrogen and oxygen atoms in total. The lowest BCUT2D eigenvalue weighted by Gasteiger charge is -2.21. The van der Waals surface area contributed by atoms with E-state index in [0.717, 1.165) is 25.7 Å². The Bertz CT molecular complexity index is 156. The summed E-state index contributed by atoms with van der Waals surface area (Å²) in [4.78, 5) is 10.7. The van der Waals surface area contributed by atoms with Crippen molar-refractivity contribution in [3.8, 4) is 0 Å². The van der Waals surface area contributed by atoms with Crippen LogP contribution in [0.4, 0.5) is 0 Å². The summed E-state index contributed by atoms with van der Waals surface area (Å²) >= 11 is 0. The number of carboxylic acids is 1. The van der Waals surface area contributed by atoms with E-state index < -0.39 is 11.6 Å². The van der Waals surface area contributed by atoms with E-state index in [1.165, 1.54) is 0 Å². The first-order valence-electron chi connectivity index (χ1n) is 5.02. The van der Waals surface area contributed by atoms with Crippen LogP contribution in [0.2, 0.25) is 0 Å². The van der Waals surface area contributed by atoms with Gasteiger partial charge in [-0.15, -0.1) is 0 Å². The molecule has 0 radical (unpaired) electrons. The molecular formula is C10H20O3. The Kier molecular flexibility index (Phi) is 5.71. The maximum Gasteiger partial charge on any atom is 0.335 e. The molecule has 0 aromatic carbocycles. The largest absolute Gasteiger partial charge is 0.479 e. The minimum absolute atomic E-state index is 0.286. The van der Waals surface area contributed by atoms with Gasteiger partial charge in [-0.25, -0.2) is 4.79 Å². The molecule has 13 heavy (non-hydrogen) atoms. The lowest BCUT2D eigenvalue weighted by Crippen LogP contribution is -2.37. The molecule has 0 aliphatic rings. The molecule has 0 bridgehead atoms. The van der Waals surface area contributed by atoms with Gasteiger partial charge in [-0.05, 0) is 19.3 Å². The van der Waals surface area contributed by atoms with Crippen LogP contribution in [0.5, 0.6) is 0 Å². The normalized spacial score (nSPS) is 15.3. The zero-order chi connectivity index (χ0) is 10.3. The van der Waals surface area contributed by atoms with Crippen molar-refractivity contribution in [1.29, 1.82) is 0 Å². The Labute approximate surface area is 79.8 Å². The Morgan fingerprint density at radius 1 is 1.23 bits per heavy atom. The SMILES string of the molecule is CCCCCCC(O)(CC)C(=O)O. The predicted molar refractivity (Wildman–Crippen MR) is 51.6 cm³/mol. The number of unbranched alkanes of at least 4 members (excludes halogenated alkanes) is 3. The van der Waals surface area contributed by atoms with E-state index in [2.05, 4.69) is 6.92 Å². The summed E-state index contributed by atoms with van der Waals surface area (Å²) in [5, 5.41) is 18.3. The van der Waals surface area contributed by atoms with Crippen molar-refractivity contribution in [3.05, 3.63) is 0 Å². The summed E-state index contributed by atoms with van der Waals surface area (Å²) < 4.78 is 0. The lowest BCUT2D eigenvalue weighted by atomic mass is 9.93. The molecule has 0 heterocycles. The summed E-state index contributed by atoms with van der Waals surface area (Å²) in [6.45, 7) is 3.80. The Morgan fingerprint density at radius 2 is 1.85 bits per heavy atom. The van der Waals surface area contributed by atoms with Crippen LogP contribution < -0.4 is 0 Å². The standard InChI is InChI=1S/C10H20O3/c1-3-5-6-7-8-10(13,4-2)9(11)12/h13H,3-8H2,1-2H3,(H,11,12). The second-order valence-electron chi connectivity index (χ2n) is 3.50. The first-order valence-corrected chi connectivity index (χ1v) is 5.02. The topological polar surface area (TPSA) is 57.5 Å². The molecule has 0 rings (SSSR count). The number of carbonyl (C=O) groups is 1. The van der Waals surface area contributed by atoms with Crippen LogP contribution in [-0.2, 0) is 4.79 Å². The van der Waals surface area contributed by atoms with Crippen molar-refractivity contribution in [2.24, 2.45) is 0 Å². The van der Waals surface area contributed by atoms with E-state index in [1.807, 2.05) is 0 Å². The quantitative estimate of drug-likeness (QED) is 0.602. The summed E-state index contributed by atoms with van der Waals surface area (Å²) in [5.74, 6) is -1.09. The fourth-order valence-corrected chi connectivity index (χ4v) is 1.28. The summed E-state index contributed by atoms with van der Waals surface area (Å²) in [6.07, 6.45) is 4.70. The van der Waals surface area contributed by atoms with Gasteiger partial charge in [0.25, 0.3) is 0 Å². The lowest BCUT2D eigenvalue weighted by molar-refractivity contribution is -0.159. The van der Waals surface area contributed by atoms with Crippen LogP contribution in [0.15, 0.2) is 0 Å². The van der Waals surface area contributed by atoms with Crippen LogP contribution in [0.1, 0.15) is 52.4 Å². The number of aliphatic hydroxyl groups is 1. The molecular weight excluding hydrogens is 168 g/mol. The van der Waals surface area contributed by atoms with E-state index in [9.17, 15) is 9.90 Å². The number of hydrogen-bond donors (Lipinski definition) is 2. The molecule has 0 aromatic rings. The molecule has 0 aromatic heterocycles. The van der Waals surface area contributed by atoms with Gasteiger partial charge >= 0.3 is 5.97 Å². The zero-order valence-electron chi connectivity index (χ0n) is 8.55. The average molecular weight is 188 g/mol. The van der Waals surface area contributed by atoms with Gasteiger partial charge in [-0.1, -0.05) is 33.1 Å². The number of carboxylic acid groups (broad SMARTS) is 1. The van der Waals surface area contributed by atoms with Crippen molar-refractivity contribution in [1.82, 2.24) is 0 Å². The summed E-state index contributed by atoms with van der Waals surface area (Å²) in [5.41, 5.74) is -1.49. The second kappa shape index (κ2) is 5.97. The first-order chi connectivity index (χ1) is 6.06. The van der Waals surface area contributed by atoms with E-state index in [0.29, 0.717) is 6.42 Å². The third kappa shape index (κ3) is 4.27. The molecule has 0 saturated heterocycles. The Balaban J connectivity index is 3.78. The number of rotatable bonds is 7. The molecule has 2 N–H and O–H groups in total. The van der Waals surface area contributed by atoms with Crippen molar-refractivity contribution in [3.63, 3.8) is 0 Å². The van der Waals surface area contributed by atoms with E-state index in [1.54, 1.807) is 6.92 Å². The van der Waals surface area contributed by atoms with Crippen molar-refractivity contribution in [2.75, 3.05) is 0 Å². The third-order valence-corrected chi connectivity index (χ3v) is 2.43. The molecule has 1 atom stereocenters. The molecule has 0 aliphatic heterocycles. The fourth-order valence-electron chi connectivity index (χ4n) is 1.28. The highest BCUT2D eigenvalue weighted by Gasteiger charge is 2.32. The monoisotopic (exact) mass is 188 g/mol. The second-order valence-corrected chi connectivity index (χ2v) is 3.50. The van der Waals surface area contributed by atoms with Crippen molar-refractivity contribution < 1.29 is 15.0 Å². The summed E-state index contributed by atoms with van der Waals surface area (Å²) in [7, 11) is 0. The van der Waals surface area contributed by atoms with Gasteiger partial charge in [0.05, 0.1) is 0 Å². The molecule has 3 heteroatoms. The predicted octanol–water partition coefficient (Wildman–Crippen LogP) is 2.18. The smallest absolute Gasteiger partial charge is 0.335 e. The molecule has 0 amide bonds. The van der Waals surface area contributed by atoms with Gasteiger partial charge in [0.1, 0.15) is 0 Å². The molecule has 0 saturated carbocycles. The molecule has 0 fully saturated rings. The average Bonchev–Trinajstić information content (AvgIpc) is 2.12. The first kappa shape index (κ1) is 12.4. The van der Waals surface area contributed by atoms with Crippen LogP contribution in [0, 0.1) is 0 Å². The van der Waals surface area contributed by atoms with Gasteiger partial charge in [0, 0.05) is 0 Å². The van der Waals surface area contributed by atoms with Gasteiger partial charge < -0.3 is 10.2 Å². The van der Waals surface area contributed by atoms with Gasteiger partial charge in [-0.2, -0.15) is 0 Å². The van der Waals surface area contributed by atoms with Gasteiger partial charge in [-0.3, -0.25) is 0 Å². The van der Waals surface area contributed by atoms with Gasteiger partial charge in [0.2, 0.25) is 0 Å². The van der Waals surface area contributed by atoms with E-state index in [4.69, 9.17) is 5.11 Å². The maximum absolute atomic E-state index is 10.7. The van der Waals surface area contributed by atoms with Crippen LogP contribution in [0.25, 0.3) is 0 Å². The highest BCUT2D eigenvalue weighted by molar-refractivity contribution is 5.76. The van der Waals surface area contributed by atoms with Crippen LogP contribution in [0.3, 0.4) is 0 Å². The van der Waals surface area contributed by atoms with E-state index >= 15 is 0 Å². The molecule has 1 unspecified atom stereocenters. The number of hydrogen-bond acceptors (Lipinski definition) is 2. The van der Waals surface area contributed by atoms with Crippen LogP contribution >= 0.6 is 0 Å². The van der Waals surface area contributed by atoms with Crippen molar-refractivity contribution in [2.45, 2.75) is 58.0 Å². The Morgan fingerprint density at radius 3 is 2.23 bits per heavy atom. The highest BCUT2D eigenvalue weighted by Crippen LogP contribution is 2.19. The Hall–Kier alpha value is -0.570. The van der Waals surface area contributed by atoms with Crippen molar-refractivity contribution >= 4 is 5.97 Å². The van der Waals surface area contributed by atoms with Gasteiger partial charge in [0.15, 0.2) is 5.60 Å². The zero-order valence-corrected chi connectivity index (χ0v) is 8.55. The van der Waals surface area contributed by atoms with E-state index in [-0.39, 0.29) is 6.42 Å². The third-order valence-electron chi connectivity index (χ3n) is 2.43. The minimum atomic E-state index is -1.49. The maximum atomic E-state index is 10.7.